The van der Waals surface area contributed by atoms with Crippen LogP contribution in [-0.4, -0.2) is 36.6 Å². The van der Waals surface area contributed by atoms with Crippen LogP contribution >= 0.6 is 0 Å². The van der Waals surface area contributed by atoms with E-state index in [4.69, 9.17) is 0 Å². The maximum atomic E-state index is 13.1. The van der Waals surface area contributed by atoms with E-state index in [2.05, 4.69) is 73.4 Å². The Morgan fingerprint density at radius 2 is 1.91 bits per heavy atom. The Labute approximate surface area is 206 Å². The number of nitrogens with one attached hydrogen (secondary N) is 1. The summed E-state index contributed by atoms with van der Waals surface area (Å²) in [5.74, 6) is 0.917. The fraction of sp³-hybridized carbons (Fsp3) is 0.429. The topological polar surface area (TPSA) is 79.7 Å². The van der Waals surface area contributed by atoms with Crippen molar-refractivity contribution in [1.29, 1.82) is 0 Å². The Morgan fingerprint density at radius 3 is 2.69 bits per heavy atom. The van der Waals surface area contributed by atoms with Gasteiger partial charge in [-0.15, -0.1) is 5.10 Å². The van der Waals surface area contributed by atoms with Crippen molar-refractivity contribution in [2.45, 2.75) is 71.0 Å². The highest BCUT2D eigenvalue weighted by molar-refractivity contribution is 5.79. The summed E-state index contributed by atoms with van der Waals surface area (Å²) in [6.07, 6.45) is 6.47. The predicted octanol–water partition coefficient (Wildman–Crippen LogP) is 5.13. The smallest absolute Gasteiger partial charge is 0.252 e. The number of fused-ring (bicyclic) bond motifs is 1. The molecule has 0 spiro atoms. The number of hydrogen-bond acceptors (Lipinski definition) is 5. The Morgan fingerprint density at radius 1 is 1.11 bits per heavy atom. The van der Waals surface area contributed by atoms with Gasteiger partial charge in [-0.25, -0.2) is 4.68 Å². The fourth-order valence-electron chi connectivity index (χ4n) is 5.39. The third-order valence-corrected chi connectivity index (χ3v) is 7.30. The molecule has 1 aliphatic carbocycles. The zero-order valence-corrected chi connectivity index (χ0v) is 20.7. The highest BCUT2D eigenvalue weighted by Gasteiger charge is 2.29. The van der Waals surface area contributed by atoms with Gasteiger partial charge in [-0.1, -0.05) is 62.2 Å². The quantitative estimate of drug-likeness (QED) is 0.367. The largest absolute Gasteiger partial charge is 0.322 e. The molecule has 35 heavy (non-hydrogen) atoms. The van der Waals surface area contributed by atoms with E-state index in [1.54, 1.807) is 0 Å². The lowest BCUT2D eigenvalue weighted by molar-refractivity contribution is 0.169. The summed E-state index contributed by atoms with van der Waals surface area (Å²) in [5.41, 5.74) is 4.04. The number of tetrazole rings is 1. The molecule has 1 atom stereocenters. The van der Waals surface area contributed by atoms with Gasteiger partial charge in [0.25, 0.3) is 5.56 Å². The van der Waals surface area contributed by atoms with Gasteiger partial charge in [0.2, 0.25) is 0 Å². The van der Waals surface area contributed by atoms with Crippen molar-refractivity contribution in [1.82, 2.24) is 30.1 Å². The third-order valence-electron chi connectivity index (χ3n) is 7.30. The lowest BCUT2D eigenvalue weighted by Gasteiger charge is -2.31. The van der Waals surface area contributed by atoms with Crippen LogP contribution in [0.3, 0.4) is 0 Å². The van der Waals surface area contributed by atoms with Gasteiger partial charge in [0, 0.05) is 24.2 Å². The van der Waals surface area contributed by atoms with Gasteiger partial charge in [-0.05, 0) is 71.7 Å². The second kappa shape index (κ2) is 10.5. The average Bonchev–Trinajstić information content (AvgIpc) is 3.56. The van der Waals surface area contributed by atoms with E-state index < -0.39 is 0 Å². The predicted molar refractivity (Wildman–Crippen MR) is 138 cm³/mol. The Kier molecular flexibility index (Phi) is 7.04. The summed E-state index contributed by atoms with van der Waals surface area (Å²) in [6.45, 7) is 5.58. The number of benzene rings is 2. The summed E-state index contributed by atoms with van der Waals surface area (Å²) in [4.78, 5) is 18.6. The molecule has 4 aromatic rings. The Hall–Kier alpha value is -3.32. The van der Waals surface area contributed by atoms with Gasteiger partial charge in [0.15, 0.2) is 5.82 Å². The molecule has 1 N–H and O–H groups in total. The first-order valence-electron chi connectivity index (χ1n) is 12.8. The van der Waals surface area contributed by atoms with Crippen molar-refractivity contribution >= 4 is 10.9 Å². The van der Waals surface area contributed by atoms with E-state index in [-0.39, 0.29) is 11.6 Å². The van der Waals surface area contributed by atoms with E-state index in [0.717, 1.165) is 60.1 Å². The average molecular weight is 471 g/mol. The summed E-state index contributed by atoms with van der Waals surface area (Å²) in [5, 5.41) is 14.0. The molecule has 7 nitrogen and oxygen atoms in total. The van der Waals surface area contributed by atoms with Gasteiger partial charge >= 0.3 is 0 Å². The molecule has 5 rings (SSSR count). The van der Waals surface area contributed by atoms with E-state index >= 15 is 0 Å². The first kappa shape index (κ1) is 23.4. The molecule has 0 radical (unpaired) electrons. The second-order valence-electron chi connectivity index (χ2n) is 9.76. The van der Waals surface area contributed by atoms with Crippen LogP contribution in [0.25, 0.3) is 10.9 Å². The van der Waals surface area contributed by atoms with Gasteiger partial charge in [-0.2, -0.15) is 0 Å². The SMILES string of the molecule is CC[C@@H](c1nnnn1C1CCCC1)N(CCc1ccccc1)Cc1cc2ccc(C)cc2[nH]c1=O. The number of aryl methyl sites for hydroxylation is 1. The maximum Gasteiger partial charge on any atom is 0.252 e. The first-order valence-corrected chi connectivity index (χ1v) is 12.8. The summed E-state index contributed by atoms with van der Waals surface area (Å²) in [7, 11) is 0. The molecule has 0 bridgehead atoms. The number of H-pyrrole nitrogens is 1. The molecule has 1 fully saturated rings. The minimum atomic E-state index is -0.0296. The molecular weight excluding hydrogens is 436 g/mol. The molecule has 182 valence electrons. The van der Waals surface area contributed by atoms with Crippen molar-refractivity contribution in [2.24, 2.45) is 0 Å². The zero-order valence-electron chi connectivity index (χ0n) is 20.7. The summed E-state index contributed by atoms with van der Waals surface area (Å²) in [6, 6.07) is 19.1. The van der Waals surface area contributed by atoms with Crippen molar-refractivity contribution < 1.29 is 0 Å². The minimum Gasteiger partial charge on any atom is -0.322 e. The molecule has 0 saturated heterocycles. The zero-order chi connectivity index (χ0) is 24.2. The Bertz CT molecular complexity index is 1320. The molecule has 2 heterocycles. The van der Waals surface area contributed by atoms with Crippen LogP contribution in [0.4, 0.5) is 0 Å². The number of nitrogens with zero attached hydrogens (tertiary/aromatic N) is 5. The Balaban J connectivity index is 1.48. The fourth-order valence-corrected chi connectivity index (χ4v) is 5.39. The van der Waals surface area contributed by atoms with Crippen LogP contribution < -0.4 is 5.56 Å². The van der Waals surface area contributed by atoms with Crippen molar-refractivity contribution in [3.63, 3.8) is 0 Å². The number of hydrogen-bond donors (Lipinski definition) is 1. The first-order chi connectivity index (χ1) is 17.1. The molecule has 0 unspecified atom stereocenters. The molecule has 2 aromatic carbocycles. The van der Waals surface area contributed by atoms with Gasteiger partial charge in [0.1, 0.15) is 0 Å². The van der Waals surface area contributed by atoms with Crippen LogP contribution in [-0.2, 0) is 13.0 Å². The van der Waals surface area contributed by atoms with Crippen LogP contribution in [0.2, 0.25) is 0 Å². The van der Waals surface area contributed by atoms with E-state index in [1.807, 2.05) is 25.1 Å². The van der Waals surface area contributed by atoms with Gasteiger partial charge in [-0.3, -0.25) is 9.69 Å². The van der Waals surface area contributed by atoms with Crippen LogP contribution in [0, 0.1) is 6.92 Å². The molecule has 2 aromatic heterocycles. The van der Waals surface area contributed by atoms with E-state index in [0.29, 0.717) is 12.6 Å². The lowest BCUT2D eigenvalue weighted by Crippen LogP contribution is -2.34. The monoisotopic (exact) mass is 470 g/mol. The summed E-state index contributed by atoms with van der Waals surface area (Å²) < 4.78 is 2.06. The molecule has 0 aliphatic heterocycles. The third kappa shape index (κ3) is 5.20. The molecular formula is C28H34N6O. The minimum absolute atomic E-state index is 0.0296. The summed E-state index contributed by atoms with van der Waals surface area (Å²) >= 11 is 0. The molecule has 1 aliphatic rings. The molecule has 0 amide bonds. The molecule has 7 heteroatoms. The maximum absolute atomic E-state index is 13.1. The highest BCUT2D eigenvalue weighted by atomic mass is 16.1. The van der Waals surface area contributed by atoms with Gasteiger partial charge in [0.05, 0.1) is 12.1 Å². The molecule has 1 saturated carbocycles. The highest BCUT2D eigenvalue weighted by Crippen LogP contribution is 2.33. The number of aromatic nitrogens is 5. The second-order valence-corrected chi connectivity index (χ2v) is 9.76. The number of rotatable bonds is 9. The van der Waals surface area contributed by atoms with Crippen LogP contribution in [0.15, 0.2) is 59.4 Å². The normalized spacial score (nSPS) is 15.3. The van der Waals surface area contributed by atoms with Crippen LogP contribution in [0.1, 0.15) is 73.6 Å². The number of pyridine rings is 1. The van der Waals surface area contributed by atoms with Crippen LogP contribution in [0.5, 0.6) is 0 Å². The van der Waals surface area contributed by atoms with Gasteiger partial charge < -0.3 is 4.98 Å². The lowest BCUT2D eigenvalue weighted by atomic mass is 10.1. The van der Waals surface area contributed by atoms with Crippen molar-refractivity contribution in [3.8, 4) is 0 Å². The standard InChI is InChI=1S/C28H34N6O/c1-3-26(27-30-31-32-34(27)24-11-7-8-12-24)33(16-15-21-9-5-4-6-10-21)19-23-18-22-14-13-20(2)17-25(22)29-28(23)35/h4-6,9-10,13-14,17-18,24,26H,3,7-8,11-12,15-16,19H2,1-2H3,(H,29,35)/t26-/m0/s1. The van der Waals surface area contributed by atoms with Crippen molar-refractivity contribution in [3.05, 3.63) is 87.5 Å². The number of aromatic amines is 1. The van der Waals surface area contributed by atoms with E-state index in [9.17, 15) is 4.79 Å². The van der Waals surface area contributed by atoms with Crippen molar-refractivity contribution in [2.75, 3.05) is 6.54 Å². The van der Waals surface area contributed by atoms with E-state index in [1.165, 1.54) is 18.4 Å².